The van der Waals surface area contributed by atoms with Gasteiger partial charge in [0.2, 0.25) is 0 Å². The van der Waals surface area contributed by atoms with Crippen molar-refractivity contribution in [2.45, 2.75) is 18.6 Å². The summed E-state index contributed by atoms with van der Waals surface area (Å²) in [5.74, 6) is -2.12. The van der Waals surface area contributed by atoms with E-state index in [0.29, 0.717) is 6.54 Å². The molecule has 33 heavy (non-hydrogen) atoms. The summed E-state index contributed by atoms with van der Waals surface area (Å²) in [6.45, 7) is -0.279. The number of nitrogens with one attached hydrogen (secondary N) is 1. The van der Waals surface area contributed by atoms with Gasteiger partial charge in [-0.15, -0.1) is 11.3 Å². The van der Waals surface area contributed by atoms with Gasteiger partial charge < -0.3 is 30.9 Å². The second-order valence-electron chi connectivity index (χ2n) is 6.40. The molecular weight excluding hydrogens is 484 g/mol. The van der Waals surface area contributed by atoms with Crippen LogP contribution in [0.25, 0.3) is 0 Å². The third-order valence-electron chi connectivity index (χ3n) is 4.24. The molecule has 0 aliphatic carbocycles. The summed E-state index contributed by atoms with van der Waals surface area (Å²) in [7, 11) is -4.98. The molecule has 6 N–H and O–H groups in total. The second-order valence-corrected chi connectivity index (χ2v) is 8.58. The Morgan fingerprint density at radius 1 is 1.39 bits per heavy atom. The molecule has 3 amide bonds. The number of aromatic nitrogens is 3. The van der Waals surface area contributed by atoms with Gasteiger partial charge in [0.15, 0.2) is 10.8 Å². The quantitative estimate of drug-likeness (QED) is 0.0905. The smallest absolute Gasteiger partial charge is 0.404 e. The van der Waals surface area contributed by atoms with E-state index in [9.17, 15) is 27.4 Å². The Labute approximate surface area is 190 Å². The number of oxime groups is 1. The van der Waals surface area contributed by atoms with Crippen molar-refractivity contribution >= 4 is 50.4 Å². The lowest BCUT2D eigenvalue weighted by atomic mass is 9.99. The number of hydrogen-bond donors (Lipinski definition) is 4. The van der Waals surface area contributed by atoms with Crippen LogP contribution in [-0.4, -0.2) is 80.7 Å². The van der Waals surface area contributed by atoms with E-state index >= 15 is 0 Å². The number of anilines is 1. The van der Waals surface area contributed by atoms with Crippen LogP contribution in [0.1, 0.15) is 5.69 Å². The van der Waals surface area contributed by atoms with Crippen LogP contribution in [0.15, 0.2) is 29.3 Å². The first kappa shape index (κ1) is 23.9. The summed E-state index contributed by atoms with van der Waals surface area (Å²) in [6.07, 6.45) is 3.57. The number of primary amides is 1. The Morgan fingerprint density at radius 2 is 2.15 bits per heavy atom. The fourth-order valence-electron chi connectivity index (χ4n) is 2.78. The van der Waals surface area contributed by atoms with Gasteiger partial charge in [-0.05, 0) is 0 Å². The van der Waals surface area contributed by atoms with Gasteiger partial charge in [-0.2, -0.15) is 8.42 Å². The zero-order chi connectivity index (χ0) is 24.2. The Balaban J connectivity index is 1.75. The molecule has 3 rings (SSSR count). The number of rotatable bonds is 10. The zero-order valence-electron chi connectivity index (χ0n) is 16.6. The Hall–Kier alpha value is -3.77. The average molecular weight is 502 g/mol. The van der Waals surface area contributed by atoms with Gasteiger partial charge in [0.05, 0.1) is 12.9 Å². The van der Waals surface area contributed by atoms with E-state index in [0.717, 1.165) is 11.3 Å². The van der Waals surface area contributed by atoms with Gasteiger partial charge in [0.1, 0.15) is 31.0 Å². The number of imidazole rings is 1. The summed E-state index contributed by atoms with van der Waals surface area (Å²) in [6, 6.07) is -2.92. The van der Waals surface area contributed by atoms with Gasteiger partial charge in [0, 0.05) is 17.8 Å². The molecule has 1 aliphatic rings. The van der Waals surface area contributed by atoms with Crippen LogP contribution in [0.4, 0.5) is 9.93 Å². The molecule has 2 aromatic heterocycles. The van der Waals surface area contributed by atoms with Crippen LogP contribution < -0.4 is 16.8 Å². The van der Waals surface area contributed by atoms with Crippen LogP contribution in [0.5, 0.6) is 0 Å². The lowest BCUT2D eigenvalue weighted by Crippen LogP contribution is -2.73. The average Bonchev–Trinajstić information content (AvgIpc) is 3.39. The van der Waals surface area contributed by atoms with Gasteiger partial charge in [-0.25, -0.2) is 19.1 Å². The van der Waals surface area contributed by atoms with Crippen molar-refractivity contribution in [3.05, 3.63) is 29.8 Å². The highest BCUT2D eigenvalue weighted by Gasteiger charge is 2.54. The van der Waals surface area contributed by atoms with Gasteiger partial charge in [-0.3, -0.25) is 14.1 Å². The van der Waals surface area contributed by atoms with Crippen molar-refractivity contribution in [1.82, 2.24) is 24.2 Å². The third-order valence-corrected chi connectivity index (χ3v) is 5.86. The highest BCUT2D eigenvalue weighted by Crippen LogP contribution is 2.24. The van der Waals surface area contributed by atoms with Gasteiger partial charge >= 0.3 is 16.4 Å². The molecule has 0 aromatic carbocycles. The van der Waals surface area contributed by atoms with Crippen molar-refractivity contribution in [3.63, 3.8) is 0 Å². The molecule has 2 atom stereocenters. The van der Waals surface area contributed by atoms with E-state index in [1.807, 2.05) is 0 Å². The van der Waals surface area contributed by atoms with Crippen molar-refractivity contribution in [2.24, 2.45) is 10.9 Å². The lowest BCUT2D eigenvalue weighted by molar-refractivity contribution is -0.146. The molecule has 1 saturated heterocycles. The largest absolute Gasteiger partial charge is 0.447 e. The first-order valence-electron chi connectivity index (χ1n) is 8.98. The maximum atomic E-state index is 12.8. The van der Waals surface area contributed by atoms with E-state index in [1.165, 1.54) is 5.38 Å². The minimum atomic E-state index is -4.98. The molecule has 1 fully saturated rings. The first-order valence-corrected chi connectivity index (χ1v) is 11.3. The maximum Gasteiger partial charge on any atom is 0.404 e. The number of carbonyl (C=O) groups is 3. The lowest BCUT2D eigenvalue weighted by Gasteiger charge is -2.43. The topological polar surface area (TPSA) is 234 Å². The van der Waals surface area contributed by atoms with Crippen LogP contribution in [0, 0.1) is 0 Å². The number of nitrogens with zero attached hydrogens (tertiary/aromatic N) is 5. The van der Waals surface area contributed by atoms with Crippen molar-refractivity contribution in [2.75, 3.05) is 18.9 Å². The van der Waals surface area contributed by atoms with Crippen LogP contribution in [-0.2, 0) is 36.0 Å². The van der Waals surface area contributed by atoms with E-state index in [-0.39, 0.29) is 27.4 Å². The summed E-state index contributed by atoms with van der Waals surface area (Å²) >= 11 is 1.02. The highest BCUT2D eigenvalue weighted by atomic mass is 32.2. The number of thiazole rings is 1. The SMILES string of the molecule is NC(=O)OC[C@@H]1[C@H](NC(=O)/C(=N\OCCn2ccnc2)c2csc(N)n2)C(=O)N1S(=O)(=O)O. The summed E-state index contributed by atoms with van der Waals surface area (Å²) in [5, 5.41) is 7.59. The first-order chi connectivity index (χ1) is 15.6. The summed E-state index contributed by atoms with van der Waals surface area (Å²) < 4.78 is 38.4. The molecule has 178 valence electrons. The fraction of sp³-hybridized carbons (Fsp3) is 0.333. The van der Waals surface area contributed by atoms with Crippen LogP contribution in [0.2, 0.25) is 0 Å². The predicted octanol–water partition coefficient (Wildman–Crippen LogP) is -2.06. The van der Waals surface area contributed by atoms with Crippen molar-refractivity contribution in [3.8, 4) is 0 Å². The highest BCUT2D eigenvalue weighted by molar-refractivity contribution is 7.84. The number of ether oxygens (including phenoxy) is 1. The van der Waals surface area contributed by atoms with E-state index in [4.69, 9.17) is 16.3 Å². The molecule has 0 saturated carbocycles. The van der Waals surface area contributed by atoms with E-state index in [2.05, 4.69) is 25.2 Å². The second kappa shape index (κ2) is 9.79. The summed E-state index contributed by atoms with van der Waals surface area (Å²) in [4.78, 5) is 49.0. The van der Waals surface area contributed by atoms with E-state index in [1.54, 1.807) is 23.3 Å². The van der Waals surface area contributed by atoms with Crippen LogP contribution in [0.3, 0.4) is 0 Å². The van der Waals surface area contributed by atoms with Gasteiger partial charge in [0.25, 0.3) is 11.8 Å². The minimum absolute atomic E-state index is 0.0426. The minimum Gasteiger partial charge on any atom is -0.447 e. The molecule has 18 heteroatoms. The molecule has 0 bridgehead atoms. The van der Waals surface area contributed by atoms with Crippen molar-refractivity contribution < 1.29 is 36.9 Å². The molecule has 0 radical (unpaired) electrons. The molecule has 16 nitrogen and oxygen atoms in total. The number of hydrogen-bond acceptors (Lipinski definition) is 12. The Morgan fingerprint density at radius 3 is 2.73 bits per heavy atom. The fourth-order valence-corrected chi connectivity index (χ4v) is 4.19. The zero-order valence-corrected chi connectivity index (χ0v) is 18.2. The third kappa shape index (κ3) is 5.73. The number of nitrogen functional groups attached to an aromatic ring is 1. The molecule has 3 heterocycles. The van der Waals surface area contributed by atoms with E-state index < -0.39 is 46.9 Å². The molecule has 2 aromatic rings. The monoisotopic (exact) mass is 502 g/mol. The number of carbonyl (C=O) groups excluding carboxylic acids is 3. The Kier molecular flexibility index (Phi) is 7.09. The maximum absolute atomic E-state index is 12.8. The Bertz CT molecular complexity index is 1160. The number of nitrogens with two attached hydrogens (primary N) is 2. The number of β-lactam (4-membered cyclic amide) rings is 1. The van der Waals surface area contributed by atoms with Gasteiger partial charge in [-0.1, -0.05) is 5.16 Å². The molecule has 0 spiro atoms. The van der Waals surface area contributed by atoms with Crippen molar-refractivity contribution in [1.29, 1.82) is 0 Å². The summed E-state index contributed by atoms with van der Waals surface area (Å²) in [5.41, 5.74) is 10.2. The van der Waals surface area contributed by atoms with Crippen LogP contribution >= 0.6 is 11.3 Å². The molecule has 0 unspecified atom stereocenters. The molecular formula is C15H18N8O8S2. The number of amides is 3. The standard InChI is InChI=1S/C15H18N8O8S2/c16-14-19-8(6-32-14)10(21-31-4-3-22-2-1-18-7-22)12(24)20-11-9(5-30-15(17)26)23(13(11)25)33(27,28)29/h1-2,6-7,9,11H,3-5H2,(H2,16,19)(H2,17,26)(H,20,24)(H,27,28,29)/b21-10-/t9-,11+/m1/s1. The normalized spacial score (nSPS) is 18.5. The predicted molar refractivity (Wildman–Crippen MR) is 111 cm³/mol. The molecule has 1 aliphatic heterocycles.